The first-order chi connectivity index (χ1) is 13.0. The molecule has 0 aliphatic carbocycles. The number of hydrogen-bond acceptors (Lipinski definition) is 4. The lowest BCUT2D eigenvalue weighted by Gasteiger charge is -2.25. The molecule has 2 aromatic carbocycles. The van der Waals surface area contributed by atoms with Gasteiger partial charge in [-0.2, -0.15) is 9.41 Å². The van der Waals surface area contributed by atoms with Crippen LogP contribution in [0.2, 0.25) is 0 Å². The zero-order chi connectivity index (χ0) is 19.3. The number of hydrogen-bond donors (Lipinski definition) is 1. The van der Waals surface area contributed by atoms with Crippen LogP contribution in [0.5, 0.6) is 0 Å². The maximum absolute atomic E-state index is 12.8. The maximum Gasteiger partial charge on any atom is 0.271 e. The smallest absolute Gasteiger partial charge is 0.267 e. The van der Waals surface area contributed by atoms with Gasteiger partial charge >= 0.3 is 0 Å². The molecule has 2 aromatic rings. The summed E-state index contributed by atoms with van der Waals surface area (Å²) in [7, 11) is -3.57. The van der Waals surface area contributed by atoms with Crippen molar-refractivity contribution >= 4 is 22.1 Å². The molecule has 3 rings (SSSR count). The highest BCUT2D eigenvalue weighted by atomic mass is 32.2. The van der Waals surface area contributed by atoms with Gasteiger partial charge in [0.2, 0.25) is 10.0 Å². The van der Waals surface area contributed by atoms with E-state index in [1.807, 2.05) is 31.2 Å². The number of piperidine rings is 1. The molecule has 7 heteroatoms. The minimum absolute atomic E-state index is 0.139. The third-order valence-corrected chi connectivity index (χ3v) is 6.37. The first-order valence-electron chi connectivity index (χ1n) is 8.97. The number of benzene rings is 2. The second kappa shape index (κ2) is 8.45. The molecule has 0 radical (unpaired) electrons. The summed E-state index contributed by atoms with van der Waals surface area (Å²) in [4.78, 5) is 12.5. The van der Waals surface area contributed by atoms with Gasteiger partial charge in [0.1, 0.15) is 0 Å². The lowest BCUT2D eigenvalue weighted by Crippen LogP contribution is -2.35. The summed E-state index contributed by atoms with van der Waals surface area (Å²) in [5.74, 6) is -0.449. The van der Waals surface area contributed by atoms with E-state index in [-0.39, 0.29) is 10.5 Å². The minimum Gasteiger partial charge on any atom is -0.267 e. The Labute approximate surface area is 159 Å². The van der Waals surface area contributed by atoms with Gasteiger partial charge in [0.15, 0.2) is 0 Å². The fourth-order valence-electron chi connectivity index (χ4n) is 3.03. The molecule has 142 valence electrons. The van der Waals surface area contributed by atoms with Crippen molar-refractivity contribution in [3.63, 3.8) is 0 Å². The molecular weight excluding hydrogens is 362 g/mol. The Kier molecular flexibility index (Phi) is 6.03. The summed E-state index contributed by atoms with van der Waals surface area (Å²) in [6.45, 7) is 3.03. The Morgan fingerprint density at radius 2 is 1.81 bits per heavy atom. The lowest BCUT2D eigenvalue weighted by molar-refractivity contribution is 0.0955. The second-order valence-electron chi connectivity index (χ2n) is 6.61. The summed E-state index contributed by atoms with van der Waals surface area (Å²) in [6.07, 6.45) is 4.34. The molecule has 0 saturated carbocycles. The molecule has 1 saturated heterocycles. The van der Waals surface area contributed by atoms with E-state index in [1.165, 1.54) is 16.4 Å². The molecule has 1 aliphatic rings. The van der Waals surface area contributed by atoms with Gasteiger partial charge in [-0.3, -0.25) is 4.79 Å². The van der Waals surface area contributed by atoms with Crippen molar-refractivity contribution in [1.29, 1.82) is 0 Å². The number of aryl methyl sites for hydroxylation is 1. The highest BCUT2D eigenvalue weighted by Crippen LogP contribution is 2.21. The van der Waals surface area contributed by atoms with Crippen molar-refractivity contribution < 1.29 is 13.2 Å². The van der Waals surface area contributed by atoms with E-state index in [0.717, 1.165) is 30.4 Å². The van der Waals surface area contributed by atoms with Crippen LogP contribution in [-0.4, -0.2) is 37.9 Å². The van der Waals surface area contributed by atoms with E-state index in [9.17, 15) is 13.2 Å². The lowest BCUT2D eigenvalue weighted by atomic mass is 10.2. The highest BCUT2D eigenvalue weighted by molar-refractivity contribution is 7.89. The standard InChI is InChI=1S/C20H23N3O3S/c1-16-7-5-8-17(13-16)15-21-22-20(24)18-9-6-10-19(14-18)27(25,26)23-11-3-2-4-12-23/h5-10,13-15H,2-4,11-12H2,1H3,(H,22,24). The number of sulfonamides is 1. The van der Waals surface area contributed by atoms with Gasteiger partial charge in [-0.1, -0.05) is 42.3 Å². The van der Waals surface area contributed by atoms with Crippen LogP contribution in [0.4, 0.5) is 0 Å². The SMILES string of the molecule is Cc1cccc(C=NNC(=O)c2cccc(S(=O)(=O)N3CCCCC3)c2)c1. The van der Waals surface area contributed by atoms with Gasteiger partial charge in [0.05, 0.1) is 11.1 Å². The van der Waals surface area contributed by atoms with E-state index in [1.54, 1.807) is 18.3 Å². The molecule has 0 unspecified atom stereocenters. The largest absolute Gasteiger partial charge is 0.271 e. The molecule has 1 fully saturated rings. The van der Waals surface area contributed by atoms with Gasteiger partial charge in [-0.25, -0.2) is 13.8 Å². The zero-order valence-electron chi connectivity index (χ0n) is 15.3. The van der Waals surface area contributed by atoms with Crippen LogP contribution >= 0.6 is 0 Å². The van der Waals surface area contributed by atoms with Crippen molar-refractivity contribution in [2.75, 3.05) is 13.1 Å². The van der Waals surface area contributed by atoms with Gasteiger partial charge in [0, 0.05) is 18.7 Å². The number of rotatable bonds is 5. The van der Waals surface area contributed by atoms with E-state index in [4.69, 9.17) is 0 Å². The van der Waals surface area contributed by atoms with Crippen LogP contribution < -0.4 is 5.43 Å². The van der Waals surface area contributed by atoms with Gasteiger partial charge in [-0.15, -0.1) is 0 Å². The normalized spacial score (nSPS) is 15.7. The van der Waals surface area contributed by atoms with Gasteiger partial charge < -0.3 is 0 Å². The Morgan fingerprint density at radius 3 is 2.56 bits per heavy atom. The number of nitrogens with one attached hydrogen (secondary N) is 1. The number of carbonyl (C=O) groups is 1. The Balaban J connectivity index is 1.72. The summed E-state index contributed by atoms with van der Waals surface area (Å²) < 4.78 is 27.0. The number of carbonyl (C=O) groups excluding carboxylic acids is 1. The highest BCUT2D eigenvalue weighted by Gasteiger charge is 2.26. The molecule has 6 nitrogen and oxygen atoms in total. The molecule has 0 bridgehead atoms. The zero-order valence-corrected chi connectivity index (χ0v) is 16.1. The van der Waals surface area contributed by atoms with E-state index >= 15 is 0 Å². The van der Waals surface area contributed by atoms with Crippen LogP contribution in [0.3, 0.4) is 0 Å². The van der Waals surface area contributed by atoms with Crippen LogP contribution in [0.25, 0.3) is 0 Å². The average Bonchev–Trinajstić information content (AvgIpc) is 2.69. The topological polar surface area (TPSA) is 78.8 Å². The predicted octanol–water partition coefficient (Wildman–Crippen LogP) is 2.93. The monoisotopic (exact) mass is 385 g/mol. The van der Waals surface area contributed by atoms with E-state index in [2.05, 4.69) is 10.5 Å². The van der Waals surface area contributed by atoms with Crippen LogP contribution in [0, 0.1) is 6.92 Å². The Hall–Kier alpha value is -2.51. The fourth-order valence-corrected chi connectivity index (χ4v) is 4.60. The fraction of sp³-hybridized carbons (Fsp3) is 0.300. The van der Waals surface area contributed by atoms with Crippen molar-refractivity contribution in [2.45, 2.75) is 31.1 Å². The number of hydrazone groups is 1. The van der Waals surface area contributed by atoms with Crippen molar-refractivity contribution in [2.24, 2.45) is 5.10 Å². The second-order valence-corrected chi connectivity index (χ2v) is 8.54. The Bertz CT molecular complexity index is 948. The first-order valence-corrected chi connectivity index (χ1v) is 10.4. The molecule has 1 heterocycles. The summed E-state index contributed by atoms with van der Waals surface area (Å²) in [5.41, 5.74) is 4.68. The molecule has 27 heavy (non-hydrogen) atoms. The van der Waals surface area contributed by atoms with E-state index < -0.39 is 15.9 Å². The van der Waals surface area contributed by atoms with E-state index in [0.29, 0.717) is 13.1 Å². The van der Waals surface area contributed by atoms with Crippen LogP contribution in [0.1, 0.15) is 40.7 Å². The predicted molar refractivity (Wildman–Crippen MR) is 105 cm³/mol. The van der Waals surface area contributed by atoms with Gasteiger partial charge in [0.25, 0.3) is 5.91 Å². The maximum atomic E-state index is 12.8. The van der Waals surface area contributed by atoms with Gasteiger partial charge in [-0.05, 0) is 43.5 Å². The molecule has 0 atom stereocenters. The quantitative estimate of drug-likeness (QED) is 0.635. The molecule has 0 spiro atoms. The Morgan fingerprint density at radius 1 is 1.07 bits per heavy atom. The molecule has 1 N–H and O–H groups in total. The summed E-state index contributed by atoms with van der Waals surface area (Å²) in [5, 5.41) is 3.96. The molecule has 1 amide bonds. The summed E-state index contributed by atoms with van der Waals surface area (Å²) >= 11 is 0. The summed E-state index contributed by atoms with van der Waals surface area (Å²) in [6, 6.07) is 13.8. The van der Waals surface area contributed by atoms with Crippen LogP contribution in [-0.2, 0) is 10.0 Å². The van der Waals surface area contributed by atoms with Crippen molar-refractivity contribution in [3.05, 3.63) is 65.2 Å². The van der Waals surface area contributed by atoms with Crippen LogP contribution in [0.15, 0.2) is 58.5 Å². The molecule has 0 aromatic heterocycles. The number of amides is 1. The minimum atomic E-state index is -3.57. The third kappa shape index (κ3) is 4.81. The van der Waals surface area contributed by atoms with Crippen molar-refractivity contribution in [3.8, 4) is 0 Å². The molecule has 1 aliphatic heterocycles. The molecular formula is C20H23N3O3S. The average molecular weight is 385 g/mol. The number of nitrogens with zero attached hydrogens (tertiary/aromatic N) is 2. The third-order valence-electron chi connectivity index (χ3n) is 4.47. The first kappa shape index (κ1) is 19.3. The van der Waals surface area contributed by atoms with Crippen molar-refractivity contribution in [1.82, 2.24) is 9.73 Å².